The highest BCUT2D eigenvalue weighted by Gasteiger charge is 2.12. The van der Waals surface area contributed by atoms with Crippen LogP contribution in [0.2, 0.25) is 5.02 Å². The van der Waals surface area contributed by atoms with Crippen LogP contribution in [0.1, 0.15) is 15.9 Å². The zero-order chi connectivity index (χ0) is 17.7. The predicted molar refractivity (Wildman–Crippen MR) is 90.0 cm³/mol. The summed E-state index contributed by atoms with van der Waals surface area (Å²) >= 11 is 5.77. The van der Waals surface area contributed by atoms with Gasteiger partial charge in [-0.15, -0.1) is 0 Å². The lowest BCUT2D eigenvalue weighted by Crippen LogP contribution is -2.07. The van der Waals surface area contributed by atoms with Gasteiger partial charge < -0.3 is 8.92 Å². The van der Waals surface area contributed by atoms with Crippen molar-refractivity contribution in [1.29, 1.82) is 0 Å². The maximum Gasteiger partial charge on any atom is 0.446 e. The molecule has 0 bridgehead atoms. The number of rotatable bonds is 6. The Kier molecular flexibility index (Phi) is 5.61. The molecule has 0 saturated carbocycles. The topological polar surface area (TPSA) is 89.9 Å². The van der Waals surface area contributed by atoms with Gasteiger partial charge in [0.25, 0.3) is 0 Å². The standard InChI is InChI=1S/C16H13ClO6S/c1-22-16-10-11(3-9-15(16)23-24(19,20)21)2-8-14(18)12-4-6-13(17)7-5-12/h2-10H,1H3,(H,19,20,21)/b8-2+. The molecule has 0 heterocycles. The summed E-state index contributed by atoms with van der Waals surface area (Å²) in [6, 6.07) is 10.7. The molecule has 0 unspecified atom stereocenters. The third-order valence-electron chi connectivity index (χ3n) is 2.94. The van der Waals surface area contributed by atoms with Gasteiger partial charge in [0, 0.05) is 10.6 Å². The Balaban J connectivity index is 2.20. The van der Waals surface area contributed by atoms with Crippen LogP contribution in [0.3, 0.4) is 0 Å². The molecule has 0 atom stereocenters. The fourth-order valence-electron chi connectivity index (χ4n) is 1.85. The summed E-state index contributed by atoms with van der Waals surface area (Å²) in [6.07, 6.45) is 2.90. The van der Waals surface area contributed by atoms with Crippen LogP contribution >= 0.6 is 11.6 Å². The first-order valence-electron chi connectivity index (χ1n) is 6.61. The highest BCUT2D eigenvalue weighted by atomic mass is 35.5. The molecule has 0 fully saturated rings. The molecule has 0 aromatic heterocycles. The highest BCUT2D eigenvalue weighted by molar-refractivity contribution is 7.81. The van der Waals surface area contributed by atoms with Gasteiger partial charge in [-0.25, -0.2) is 0 Å². The van der Waals surface area contributed by atoms with E-state index in [-0.39, 0.29) is 17.3 Å². The molecule has 1 N–H and O–H groups in total. The van der Waals surface area contributed by atoms with Gasteiger partial charge in [0.1, 0.15) is 0 Å². The van der Waals surface area contributed by atoms with E-state index in [2.05, 4.69) is 4.18 Å². The smallest absolute Gasteiger partial charge is 0.446 e. The molecule has 24 heavy (non-hydrogen) atoms. The van der Waals surface area contributed by atoms with Crippen LogP contribution in [0, 0.1) is 0 Å². The van der Waals surface area contributed by atoms with E-state index in [0.29, 0.717) is 16.1 Å². The summed E-state index contributed by atoms with van der Waals surface area (Å²) in [5, 5.41) is 0.537. The number of ether oxygens (including phenoxy) is 1. The second-order valence-corrected chi connectivity index (χ2v) is 6.08. The SMILES string of the molecule is COc1cc(/C=C/C(=O)c2ccc(Cl)cc2)ccc1OS(=O)(=O)O. The lowest BCUT2D eigenvalue weighted by molar-refractivity contribution is 0.104. The number of hydrogen-bond acceptors (Lipinski definition) is 5. The summed E-state index contributed by atoms with van der Waals surface area (Å²) in [5.41, 5.74) is 1.06. The van der Waals surface area contributed by atoms with Gasteiger partial charge in [0.2, 0.25) is 0 Å². The summed E-state index contributed by atoms with van der Waals surface area (Å²) in [5.74, 6) is -0.293. The number of ketones is 1. The minimum atomic E-state index is -4.65. The predicted octanol–water partition coefficient (Wildman–Crippen LogP) is 3.43. The van der Waals surface area contributed by atoms with Gasteiger partial charge in [0.05, 0.1) is 7.11 Å². The first-order chi connectivity index (χ1) is 11.3. The van der Waals surface area contributed by atoms with Crippen molar-refractivity contribution >= 4 is 33.9 Å². The van der Waals surface area contributed by atoms with Crippen molar-refractivity contribution in [2.24, 2.45) is 0 Å². The van der Waals surface area contributed by atoms with Crippen molar-refractivity contribution in [3.63, 3.8) is 0 Å². The minimum Gasteiger partial charge on any atom is -0.493 e. The Morgan fingerprint density at radius 3 is 2.38 bits per heavy atom. The van der Waals surface area contributed by atoms with Gasteiger partial charge in [-0.1, -0.05) is 23.7 Å². The second kappa shape index (κ2) is 7.48. The first-order valence-corrected chi connectivity index (χ1v) is 8.36. The van der Waals surface area contributed by atoms with E-state index in [1.165, 1.54) is 37.5 Å². The zero-order valence-corrected chi connectivity index (χ0v) is 14.0. The second-order valence-electron chi connectivity index (χ2n) is 4.63. The quantitative estimate of drug-likeness (QED) is 0.477. The molecular weight excluding hydrogens is 356 g/mol. The van der Waals surface area contributed by atoms with Crippen molar-refractivity contribution in [3.8, 4) is 11.5 Å². The van der Waals surface area contributed by atoms with Crippen LogP contribution in [-0.2, 0) is 10.4 Å². The summed E-state index contributed by atoms with van der Waals surface area (Å²) < 4.78 is 39.6. The Labute approximate surface area is 144 Å². The van der Waals surface area contributed by atoms with E-state index in [0.717, 1.165) is 0 Å². The Bertz CT molecular complexity index is 872. The van der Waals surface area contributed by atoms with Crippen LogP contribution in [0.25, 0.3) is 6.08 Å². The molecule has 0 aliphatic carbocycles. The molecule has 0 radical (unpaired) electrons. The van der Waals surface area contributed by atoms with E-state index in [1.807, 2.05) is 0 Å². The summed E-state index contributed by atoms with van der Waals surface area (Å²) in [4.78, 5) is 12.0. The summed E-state index contributed by atoms with van der Waals surface area (Å²) in [7, 11) is -3.33. The van der Waals surface area contributed by atoms with Crippen molar-refractivity contribution in [2.75, 3.05) is 7.11 Å². The van der Waals surface area contributed by atoms with E-state index < -0.39 is 10.4 Å². The van der Waals surface area contributed by atoms with Gasteiger partial charge in [-0.2, -0.15) is 8.42 Å². The molecule has 2 aromatic carbocycles. The Morgan fingerprint density at radius 2 is 1.79 bits per heavy atom. The van der Waals surface area contributed by atoms with E-state index in [1.54, 1.807) is 24.3 Å². The first kappa shape index (κ1) is 18.0. The Hall–Kier alpha value is -2.35. The molecule has 0 aliphatic heterocycles. The molecule has 2 rings (SSSR count). The Morgan fingerprint density at radius 1 is 1.12 bits per heavy atom. The number of carbonyl (C=O) groups is 1. The molecule has 8 heteroatoms. The molecule has 0 aliphatic rings. The summed E-state index contributed by atoms with van der Waals surface area (Å²) in [6.45, 7) is 0. The van der Waals surface area contributed by atoms with E-state index in [9.17, 15) is 13.2 Å². The average molecular weight is 369 g/mol. The molecule has 0 spiro atoms. The minimum absolute atomic E-state index is 0.0914. The molecule has 126 valence electrons. The van der Waals surface area contributed by atoms with E-state index >= 15 is 0 Å². The average Bonchev–Trinajstić information content (AvgIpc) is 2.53. The molecule has 0 saturated heterocycles. The number of carbonyl (C=O) groups excluding carboxylic acids is 1. The number of methoxy groups -OCH3 is 1. The van der Waals surface area contributed by atoms with Crippen molar-refractivity contribution in [3.05, 3.63) is 64.7 Å². The number of halogens is 1. The van der Waals surface area contributed by atoms with Crippen LogP contribution < -0.4 is 8.92 Å². The normalized spacial score (nSPS) is 11.5. The van der Waals surface area contributed by atoms with Crippen LogP contribution in [0.15, 0.2) is 48.5 Å². The largest absolute Gasteiger partial charge is 0.493 e. The van der Waals surface area contributed by atoms with E-state index in [4.69, 9.17) is 20.9 Å². The maximum atomic E-state index is 12.0. The number of hydrogen-bond donors (Lipinski definition) is 1. The molecule has 6 nitrogen and oxygen atoms in total. The van der Waals surface area contributed by atoms with Crippen LogP contribution in [-0.4, -0.2) is 25.9 Å². The lowest BCUT2D eigenvalue weighted by atomic mass is 10.1. The maximum absolute atomic E-state index is 12.0. The monoisotopic (exact) mass is 368 g/mol. The third kappa shape index (κ3) is 5.09. The van der Waals surface area contributed by atoms with Gasteiger partial charge in [-0.05, 0) is 48.0 Å². The van der Waals surface area contributed by atoms with Gasteiger partial charge >= 0.3 is 10.4 Å². The van der Waals surface area contributed by atoms with Gasteiger partial charge in [0.15, 0.2) is 17.3 Å². The van der Waals surface area contributed by atoms with Gasteiger partial charge in [-0.3, -0.25) is 9.35 Å². The fraction of sp³-hybridized carbons (Fsp3) is 0.0625. The van der Waals surface area contributed by atoms with Crippen molar-refractivity contribution in [1.82, 2.24) is 0 Å². The van der Waals surface area contributed by atoms with Crippen molar-refractivity contribution < 1.29 is 26.7 Å². The van der Waals surface area contributed by atoms with Crippen LogP contribution in [0.4, 0.5) is 0 Å². The lowest BCUT2D eigenvalue weighted by Gasteiger charge is -2.08. The van der Waals surface area contributed by atoms with Crippen molar-refractivity contribution in [2.45, 2.75) is 0 Å². The van der Waals surface area contributed by atoms with Crippen LogP contribution in [0.5, 0.6) is 11.5 Å². The number of allylic oxidation sites excluding steroid dienone is 1. The molecule has 2 aromatic rings. The number of benzene rings is 2. The molecular formula is C16H13ClO6S. The zero-order valence-electron chi connectivity index (χ0n) is 12.5. The molecule has 0 amide bonds. The fourth-order valence-corrected chi connectivity index (χ4v) is 2.34. The third-order valence-corrected chi connectivity index (χ3v) is 3.58. The highest BCUT2D eigenvalue weighted by Crippen LogP contribution is 2.29.